The molecule has 0 aliphatic carbocycles. The van der Waals surface area contributed by atoms with E-state index in [1.807, 2.05) is 11.8 Å². The summed E-state index contributed by atoms with van der Waals surface area (Å²) in [7, 11) is 0. The average molecular weight is 318 g/mol. The Hall–Kier alpha value is 0.120. The third-order valence-corrected chi connectivity index (χ3v) is 6.57. The molecule has 0 bridgehead atoms. The van der Waals surface area contributed by atoms with Gasteiger partial charge < -0.3 is 15.4 Å². The van der Waals surface area contributed by atoms with Crippen LogP contribution in [0.4, 0.5) is 0 Å². The molecule has 1 atom stereocenters. The minimum Gasteiger partial charge on any atom is -0.392 e. The van der Waals surface area contributed by atoms with Crippen molar-refractivity contribution in [3.8, 4) is 0 Å². The Bertz CT molecular complexity index is 332. The fourth-order valence-corrected chi connectivity index (χ4v) is 4.36. The fourth-order valence-electron chi connectivity index (χ4n) is 3.11. The highest BCUT2D eigenvalue weighted by Gasteiger charge is 2.37. The van der Waals surface area contributed by atoms with E-state index in [4.69, 9.17) is 22.7 Å². The summed E-state index contributed by atoms with van der Waals surface area (Å²) in [4.78, 5) is 5.66. The molecule has 2 aliphatic rings. The molecule has 2 fully saturated rings. The van der Waals surface area contributed by atoms with Gasteiger partial charge in [-0.15, -0.1) is 0 Å². The lowest BCUT2D eigenvalue weighted by molar-refractivity contribution is -0.0439. The van der Waals surface area contributed by atoms with Crippen LogP contribution < -0.4 is 5.73 Å². The first-order chi connectivity index (χ1) is 9.59. The summed E-state index contributed by atoms with van der Waals surface area (Å²) in [5, 5.41) is 0. The summed E-state index contributed by atoms with van der Waals surface area (Å²) in [5.41, 5.74) is 5.94. The number of morpholine rings is 1. The smallest absolute Gasteiger partial charge is 0.0891 e. The van der Waals surface area contributed by atoms with Gasteiger partial charge in [0, 0.05) is 19.6 Å². The molecule has 0 spiro atoms. The predicted molar refractivity (Wildman–Crippen MR) is 90.6 cm³/mol. The zero-order valence-corrected chi connectivity index (χ0v) is 14.3. The molecule has 0 radical (unpaired) electrons. The van der Waals surface area contributed by atoms with Crippen LogP contribution in [-0.2, 0) is 4.74 Å². The Morgan fingerprint density at radius 1 is 1.35 bits per heavy atom. The Morgan fingerprint density at radius 2 is 2.05 bits per heavy atom. The van der Waals surface area contributed by atoms with E-state index in [1.165, 1.54) is 0 Å². The van der Waals surface area contributed by atoms with Gasteiger partial charge in [0.1, 0.15) is 0 Å². The van der Waals surface area contributed by atoms with Gasteiger partial charge in [0.15, 0.2) is 0 Å². The van der Waals surface area contributed by atoms with Gasteiger partial charge >= 0.3 is 0 Å². The highest BCUT2D eigenvalue weighted by atomic mass is 32.2. The average Bonchev–Trinajstić information content (AvgIpc) is 2.48. The van der Waals surface area contributed by atoms with Crippen LogP contribution in [0.25, 0.3) is 0 Å². The summed E-state index contributed by atoms with van der Waals surface area (Å²) >= 11 is 7.09. The van der Waals surface area contributed by atoms with E-state index in [1.54, 1.807) is 0 Å². The van der Waals surface area contributed by atoms with Crippen molar-refractivity contribution in [2.45, 2.75) is 30.6 Å². The maximum absolute atomic E-state index is 5.94. The van der Waals surface area contributed by atoms with E-state index in [0.717, 1.165) is 58.7 Å². The molecular formula is C14H27N3OS2. The largest absolute Gasteiger partial charge is 0.392 e. The summed E-state index contributed by atoms with van der Waals surface area (Å²) in [6, 6.07) is 0. The highest BCUT2D eigenvalue weighted by molar-refractivity contribution is 8.02. The van der Waals surface area contributed by atoms with E-state index in [0.29, 0.717) is 11.1 Å². The third kappa shape index (κ3) is 3.85. The van der Waals surface area contributed by atoms with Crippen LogP contribution in [0.5, 0.6) is 0 Å². The van der Waals surface area contributed by atoms with Gasteiger partial charge in [0.2, 0.25) is 0 Å². The Kier molecular flexibility index (Phi) is 6.10. The monoisotopic (exact) mass is 317 g/mol. The highest BCUT2D eigenvalue weighted by Crippen LogP contribution is 2.35. The van der Waals surface area contributed by atoms with Gasteiger partial charge in [-0.3, -0.25) is 4.90 Å². The molecule has 116 valence electrons. The van der Waals surface area contributed by atoms with Crippen molar-refractivity contribution in [1.82, 2.24) is 9.80 Å². The fraction of sp³-hybridized carbons (Fsp3) is 0.929. The molecule has 2 N–H and O–H groups in total. The number of likely N-dealkylation sites (tertiary alicyclic amines) is 1. The van der Waals surface area contributed by atoms with Gasteiger partial charge in [0.05, 0.1) is 22.4 Å². The maximum atomic E-state index is 5.94. The van der Waals surface area contributed by atoms with Gasteiger partial charge in [-0.25, -0.2) is 0 Å². The Balaban J connectivity index is 1.81. The number of likely N-dealkylation sites (N-methyl/N-ethyl adjacent to an activating group) is 1. The number of hydrogen-bond donors (Lipinski definition) is 1. The molecular weight excluding hydrogens is 290 g/mol. The predicted octanol–water partition coefficient (Wildman–Crippen LogP) is 1.19. The van der Waals surface area contributed by atoms with Gasteiger partial charge in [-0.1, -0.05) is 19.1 Å². The van der Waals surface area contributed by atoms with Crippen LogP contribution >= 0.6 is 24.0 Å². The number of thiocarbonyl (C=S) groups is 1. The first-order valence-corrected chi connectivity index (χ1v) is 9.14. The molecule has 20 heavy (non-hydrogen) atoms. The third-order valence-electron chi connectivity index (χ3n) is 4.64. The Labute approximate surface area is 132 Å². The van der Waals surface area contributed by atoms with Gasteiger partial charge in [-0.2, -0.15) is 11.8 Å². The summed E-state index contributed by atoms with van der Waals surface area (Å²) in [6.07, 6.45) is 4.61. The molecule has 4 nitrogen and oxygen atoms in total. The van der Waals surface area contributed by atoms with Crippen molar-refractivity contribution in [3.63, 3.8) is 0 Å². The standard InChI is InChI=1S/C14H27N3OS2/c1-3-16-8-9-18-12(10-16)11-17-6-4-14(20-2,5-7-17)13(15)19/h12H,3-11H2,1-2H3,(H2,15,19). The number of hydrogen-bond acceptors (Lipinski definition) is 5. The van der Waals surface area contributed by atoms with Crippen molar-refractivity contribution < 1.29 is 4.74 Å². The van der Waals surface area contributed by atoms with E-state index >= 15 is 0 Å². The van der Waals surface area contributed by atoms with Crippen LogP contribution in [0.15, 0.2) is 0 Å². The van der Waals surface area contributed by atoms with E-state index in [-0.39, 0.29) is 4.75 Å². The molecule has 0 aromatic rings. The van der Waals surface area contributed by atoms with Crippen molar-refractivity contribution in [1.29, 1.82) is 0 Å². The molecule has 2 saturated heterocycles. The van der Waals surface area contributed by atoms with Crippen molar-refractivity contribution in [3.05, 3.63) is 0 Å². The number of rotatable bonds is 5. The van der Waals surface area contributed by atoms with Crippen LogP contribution in [0.2, 0.25) is 0 Å². The number of thioether (sulfide) groups is 1. The van der Waals surface area contributed by atoms with Crippen LogP contribution in [0, 0.1) is 0 Å². The molecule has 0 aromatic heterocycles. The number of piperidine rings is 1. The summed E-state index contributed by atoms with van der Waals surface area (Å²) < 4.78 is 5.92. The van der Waals surface area contributed by atoms with Crippen molar-refractivity contribution in [2.24, 2.45) is 5.73 Å². The zero-order chi connectivity index (χ0) is 14.6. The minimum absolute atomic E-state index is 0.0225. The molecule has 2 aliphatic heterocycles. The normalized spacial score (nSPS) is 28.4. The summed E-state index contributed by atoms with van der Waals surface area (Å²) in [6.45, 7) is 9.54. The van der Waals surface area contributed by atoms with E-state index in [2.05, 4.69) is 23.0 Å². The second kappa shape index (κ2) is 7.40. The van der Waals surface area contributed by atoms with Gasteiger partial charge in [-0.05, 0) is 38.7 Å². The van der Waals surface area contributed by atoms with Crippen LogP contribution in [-0.4, -0.2) is 77.8 Å². The first-order valence-electron chi connectivity index (χ1n) is 7.51. The SMILES string of the molecule is CCN1CCOC(CN2CCC(SC)(C(N)=S)CC2)C1. The van der Waals surface area contributed by atoms with Crippen molar-refractivity contribution >= 4 is 29.0 Å². The zero-order valence-electron chi connectivity index (χ0n) is 12.6. The lowest BCUT2D eigenvalue weighted by Crippen LogP contribution is -2.53. The van der Waals surface area contributed by atoms with E-state index in [9.17, 15) is 0 Å². The molecule has 0 saturated carbocycles. The quantitative estimate of drug-likeness (QED) is 0.768. The molecule has 2 heterocycles. The minimum atomic E-state index is 0.0225. The lowest BCUT2D eigenvalue weighted by atomic mass is 9.95. The molecule has 0 amide bonds. The first kappa shape index (κ1) is 16.5. The summed E-state index contributed by atoms with van der Waals surface area (Å²) in [5.74, 6) is 0. The number of nitrogens with two attached hydrogens (primary N) is 1. The Morgan fingerprint density at radius 3 is 2.60 bits per heavy atom. The number of ether oxygens (including phenoxy) is 1. The van der Waals surface area contributed by atoms with Crippen LogP contribution in [0.1, 0.15) is 19.8 Å². The second-order valence-electron chi connectivity index (χ2n) is 5.75. The molecule has 0 aromatic carbocycles. The van der Waals surface area contributed by atoms with Gasteiger partial charge in [0.25, 0.3) is 0 Å². The molecule has 6 heteroatoms. The maximum Gasteiger partial charge on any atom is 0.0891 e. The topological polar surface area (TPSA) is 41.7 Å². The van der Waals surface area contributed by atoms with Crippen molar-refractivity contribution in [2.75, 3.05) is 52.1 Å². The molecule has 1 unspecified atom stereocenters. The number of nitrogens with zero attached hydrogens (tertiary/aromatic N) is 2. The molecule has 2 rings (SSSR count). The van der Waals surface area contributed by atoms with E-state index < -0.39 is 0 Å². The van der Waals surface area contributed by atoms with Crippen LogP contribution in [0.3, 0.4) is 0 Å². The second-order valence-corrected chi connectivity index (χ2v) is 7.38. The lowest BCUT2D eigenvalue weighted by Gasteiger charge is -2.42.